The molecule has 0 aliphatic rings. The molecule has 0 spiro atoms. The molecule has 9 nitrogen and oxygen atoms in total. The maximum atomic E-state index is 13.1. The average Bonchev–Trinajstić information content (AvgIpc) is 2.80. The summed E-state index contributed by atoms with van der Waals surface area (Å²) >= 11 is 9.52. The highest BCUT2D eigenvalue weighted by Crippen LogP contribution is 2.27. The van der Waals surface area contributed by atoms with Crippen molar-refractivity contribution in [2.24, 2.45) is 5.10 Å². The van der Waals surface area contributed by atoms with E-state index in [0.29, 0.717) is 39.5 Å². The number of nitro groups is 1. The SMILES string of the molecule is CCc1nc2ccc(Br)cc2c(=O)n1N=Cc1cc(Cl)ccc1Oc1ccc([N+](=O)[O-])cn1. The van der Waals surface area contributed by atoms with Crippen LogP contribution >= 0.6 is 27.5 Å². The van der Waals surface area contributed by atoms with Crippen molar-refractivity contribution >= 4 is 50.3 Å². The van der Waals surface area contributed by atoms with E-state index in [9.17, 15) is 14.9 Å². The van der Waals surface area contributed by atoms with Crippen LogP contribution in [0.2, 0.25) is 5.02 Å². The smallest absolute Gasteiger partial charge is 0.287 e. The summed E-state index contributed by atoms with van der Waals surface area (Å²) in [5, 5.41) is 16.0. The van der Waals surface area contributed by atoms with E-state index in [-0.39, 0.29) is 17.1 Å². The fourth-order valence-corrected chi connectivity index (χ4v) is 3.57. The Bertz CT molecular complexity index is 1450. The Balaban J connectivity index is 1.73. The van der Waals surface area contributed by atoms with Crippen molar-refractivity contribution in [3.05, 3.63) is 96.1 Å². The van der Waals surface area contributed by atoms with Crippen LogP contribution < -0.4 is 10.3 Å². The molecule has 0 radical (unpaired) electrons. The van der Waals surface area contributed by atoms with Gasteiger partial charge in [-0.05, 0) is 36.4 Å². The van der Waals surface area contributed by atoms with E-state index in [4.69, 9.17) is 16.3 Å². The molecule has 0 aliphatic carbocycles. The van der Waals surface area contributed by atoms with Crippen LogP contribution in [0.1, 0.15) is 18.3 Å². The lowest BCUT2D eigenvalue weighted by atomic mass is 10.2. The number of ether oxygens (including phenoxy) is 1. The Morgan fingerprint density at radius 1 is 1.24 bits per heavy atom. The zero-order valence-corrected chi connectivity index (χ0v) is 19.4. The highest BCUT2D eigenvalue weighted by Gasteiger charge is 2.12. The highest BCUT2D eigenvalue weighted by molar-refractivity contribution is 9.10. The molecule has 2 heterocycles. The van der Waals surface area contributed by atoms with Crippen molar-refractivity contribution in [3.63, 3.8) is 0 Å². The van der Waals surface area contributed by atoms with Gasteiger partial charge in [-0.25, -0.2) is 9.97 Å². The van der Waals surface area contributed by atoms with E-state index < -0.39 is 4.92 Å². The van der Waals surface area contributed by atoms with E-state index in [1.54, 1.807) is 30.3 Å². The molecule has 4 aromatic rings. The Morgan fingerprint density at radius 2 is 2.06 bits per heavy atom. The van der Waals surface area contributed by atoms with Crippen LogP contribution in [0.5, 0.6) is 11.6 Å². The van der Waals surface area contributed by atoms with Crippen LogP contribution in [0.15, 0.2) is 69.1 Å². The maximum absolute atomic E-state index is 13.1. The standard InChI is InChI=1S/C22H15BrClN5O4/c1-2-20-27-18-6-3-14(23)10-17(18)22(30)28(20)26-11-13-9-15(24)4-7-19(13)33-21-8-5-16(12-25-21)29(31)32/h3-12H,2H2,1H3. The van der Waals surface area contributed by atoms with Crippen LogP contribution in [-0.2, 0) is 6.42 Å². The maximum Gasteiger partial charge on any atom is 0.287 e. The predicted octanol–water partition coefficient (Wildman–Crippen LogP) is 5.35. The molecule has 0 aliphatic heterocycles. The monoisotopic (exact) mass is 527 g/mol. The number of rotatable bonds is 6. The van der Waals surface area contributed by atoms with Crippen molar-refractivity contribution in [3.8, 4) is 11.6 Å². The van der Waals surface area contributed by atoms with Crippen molar-refractivity contribution in [1.82, 2.24) is 14.6 Å². The molecule has 0 unspecified atom stereocenters. The molecule has 11 heteroatoms. The summed E-state index contributed by atoms with van der Waals surface area (Å²) in [6.45, 7) is 1.88. The second-order valence-electron chi connectivity index (χ2n) is 6.80. The summed E-state index contributed by atoms with van der Waals surface area (Å²) < 4.78 is 7.77. The van der Waals surface area contributed by atoms with Crippen LogP contribution in [0.4, 0.5) is 5.69 Å². The first-order valence-corrected chi connectivity index (χ1v) is 10.9. The van der Waals surface area contributed by atoms with Crippen molar-refractivity contribution in [1.29, 1.82) is 0 Å². The van der Waals surface area contributed by atoms with Gasteiger partial charge in [0.2, 0.25) is 5.88 Å². The molecular weight excluding hydrogens is 514 g/mol. The first-order chi connectivity index (χ1) is 15.9. The molecular formula is C22H15BrClN5O4. The van der Waals surface area contributed by atoms with Gasteiger partial charge < -0.3 is 4.74 Å². The van der Waals surface area contributed by atoms with Crippen molar-refractivity contribution < 1.29 is 9.66 Å². The number of aromatic nitrogens is 3. The normalized spacial score (nSPS) is 11.2. The molecule has 0 fully saturated rings. The van der Waals surface area contributed by atoms with Crippen molar-refractivity contribution in [2.45, 2.75) is 13.3 Å². The van der Waals surface area contributed by atoms with E-state index in [2.05, 4.69) is 31.0 Å². The molecule has 33 heavy (non-hydrogen) atoms. The topological polar surface area (TPSA) is 113 Å². The predicted molar refractivity (Wildman–Crippen MR) is 128 cm³/mol. The summed E-state index contributed by atoms with van der Waals surface area (Å²) in [5.74, 6) is 1.00. The summed E-state index contributed by atoms with van der Waals surface area (Å²) in [6.07, 6.45) is 3.04. The molecule has 2 aromatic heterocycles. The number of pyridine rings is 1. The zero-order chi connectivity index (χ0) is 23.5. The fourth-order valence-electron chi connectivity index (χ4n) is 3.03. The number of nitrogens with zero attached hydrogens (tertiary/aromatic N) is 5. The van der Waals surface area contributed by atoms with Gasteiger partial charge in [-0.15, -0.1) is 0 Å². The highest BCUT2D eigenvalue weighted by atomic mass is 79.9. The van der Waals surface area contributed by atoms with Gasteiger partial charge in [0.05, 0.1) is 22.0 Å². The van der Waals surface area contributed by atoms with Crippen LogP contribution in [0.3, 0.4) is 0 Å². The molecule has 0 saturated carbocycles. The molecule has 0 saturated heterocycles. The molecule has 0 atom stereocenters. The van der Waals surface area contributed by atoms with Gasteiger partial charge in [-0.2, -0.15) is 9.78 Å². The van der Waals surface area contributed by atoms with Gasteiger partial charge in [-0.1, -0.05) is 34.5 Å². The first-order valence-electron chi connectivity index (χ1n) is 9.69. The molecule has 4 rings (SSSR count). The third kappa shape index (κ3) is 4.91. The fraction of sp³-hybridized carbons (Fsp3) is 0.0909. The van der Waals surface area contributed by atoms with Crippen LogP contribution in [-0.4, -0.2) is 25.8 Å². The minimum absolute atomic E-state index is 0.151. The van der Waals surface area contributed by atoms with E-state index in [1.807, 2.05) is 13.0 Å². The van der Waals surface area contributed by atoms with Gasteiger partial charge in [0, 0.05) is 33.6 Å². The second-order valence-corrected chi connectivity index (χ2v) is 8.15. The second kappa shape index (κ2) is 9.47. The largest absolute Gasteiger partial charge is 0.438 e. The van der Waals surface area contributed by atoms with E-state index >= 15 is 0 Å². The van der Waals surface area contributed by atoms with Gasteiger partial charge in [0.25, 0.3) is 11.2 Å². The number of benzene rings is 2. The average molecular weight is 529 g/mol. The number of fused-ring (bicyclic) bond motifs is 1. The summed E-state index contributed by atoms with van der Waals surface area (Å²) in [4.78, 5) is 31.8. The summed E-state index contributed by atoms with van der Waals surface area (Å²) in [7, 11) is 0. The lowest BCUT2D eigenvalue weighted by Gasteiger charge is -2.10. The molecule has 166 valence electrons. The Morgan fingerprint density at radius 3 is 2.76 bits per heavy atom. The van der Waals surface area contributed by atoms with Gasteiger partial charge in [-0.3, -0.25) is 14.9 Å². The molecule has 0 amide bonds. The zero-order valence-electron chi connectivity index (χ0n) is 17.1. The number of halogens is 2. The quantitative estimate of drug-likeness (QED) is 0.189. The molecule has 0 bridgehead atoms. The lowest BCUT2D eigenvalue weighted by molar-refractivity contribution is -0.385. The van der Waals surface area contributed by atoms with Crippen molar-refractivity contribution in [2.75, 3.05) is 0 Å². The minimum Gasteiger partial charge on any atom is -0.438 e. The van der Waals surface area contributed by atoms with Crippen LogP contribution in [0.25, 0.3) is 10.9 Å². The third-order valence-electron chi connectivity index (χ3n) is 4.62. The third-order valence-corrected chi connectivity index (χ3v) is 5.35. The molecule has 2 aromatic carbocycles. The lowest BCUT2D eigenvalue weighted by Crippen LogP contribution is -2.22. The number of hydrogen-bond donors (Lipinski definition) is 0. The first kappa shape index (κ1) is 22.6. The van der Waals surface area contributed by atoms with E-state index in [1.165, 1.54) is 23.0 Å². The molecule has 0 N–H and O–H groups in total. The number of aryl methyl sites for hydroxylation is 1. The number of hydrogen-bond acceptors (Lipinski definition) is 7. The van der Waals surface area contributed by atoms with E-state index in [0.717, 1.165) is 10.7 Å². The summed E-state index contributed by atoms with van der Waals surface area (Å²) in [5.41, 5.74) is 0.603. The van der Waals surface area contributed by atoms with Gasteiger partial charge in [0.15, 0.2) is 0 Å². The summed E-state index contributed by atoms with van der Waals surface area (Å²) in [6, 6.07) is 12.8. The minimum atomic E-state index is -0.545. The Labute approximate surface area is 200 Å². The van der Waals surface area contributed by atoms with Gasteiger partial charge >= 0.3 is 0 Å². The van der Waals surface area contributed by atoms with Crippen LogP contribution in [0, 0.1) is 10.1 Å². The Kier molecular flexibility index (Phi) is 6.47. The Hall–Kier alpha value is -3.63. The van der Waals surface area contributed by atoms with Gasteiger partial charge in [0.1, 0.15) is 17.8 Å².